The van der Waals surface area contributed by atoms with Crippen LogP contribution in [0, 0.1) is 11.3 Å². The van der Waals surface area contributed by atoms with E-state index in [-0.39, 0.29) is 0 Å². The van der Waals surface area contributed by atoms with Crippen LogP contribution in [0.15, 0.2) is 22.7 Å². The van der Waals surface area contributed by atoms with E-state index in [1.54, 1.807) is 25.1 Å². The van der Waals surface area contributed by atoms with Crippen molar-refractivity contribution in [2.24, 2.45) is 0 Å². The molecule has 0 aliphatic rings. The predicted octanol–water partition coefficient (Wildman–Crippen LogP) is 3.04. The van der Waals surface area contributed by atoms with Crippen molar-refractivity contribution in [1.82, 2.24) is 0 Å². The second-order valence-corrected chi connectivity index (χ2v) is 4.85. The van der Waals surface area contributed by atoms with Crippen LogP contribution in [0.4, 0.5) is 0 Å². The van der Waals surface area contributed by atoms with Gasteiger partial charge < -0.3 is 9.47 Å². The first-order valence-corrected chi connectivity index (χ1v) is 6.23. The van der Waals surface area contributed by atoms with Gasteiger partial charge in [0.25, 0.3) is 0 Å². The number of halogens is 1. The largest absolute Gasteiger partial charge is 0.474 e. The number of hydrogen-bond acceptors (Lipinski definition) is 4. The molecular formula is C13H14BrNO3. The van der Waals surface area contributed by atoms with E-state index in [9.17, 15) is 4.79 Å². The van der Waals surface area contributed by atoms with Crippen LogP contribution < -0.4 is 4.74 Å². The van der Waals surface area contributed by atoms with Crippen LogP contribution in [0.3, 0.4) is 0 Å². The maximum atomic E-state index is 11.7. The number of methoxy groups -OCH3 is 1. The van der Waals surface area contributed by atoms with E-state index in [1.807, 2.05) is 13.0 Å². The fourth-order valence-electron chi connectivity index (χ4n) is 1.40. The van der Waals surface area contributed by atoms with Gasteiger partial charge in [-0.3, -0.25) is 0 Å². The number of carbonyl (C=O) groups excluding carboxylic acids is 1. The van der Waals surface area contributed by atoms with Crippen molar-refractivity contribution >= 4 is 21.9 Å². The molecule has 0 unspecified atom stereocenters. The highest BCUT2D eigenvalue weighted by Gasteiger charge is 2.35. The molecule has 5 heteroatoms. The monoisotopic (exact) mass is 311 g/mol. The summed E-state index contributed by atoms with van der Waals surface area (Å²) in [5.41, 5.74) is -0.721. The molecule has 18 heavy (non-hydrogen) atoms. The number of carbonyl (C=O) groups is 1. The molecule has 1 rings (SSSR count). The van der Waals surface area contributed by atoms with Gasteiger partial charge in [-0.15, -0.1) is 0 Å². The number of rotatable bonds is 4. The van der Waals surface area contributed by atoms with Crippen molar-refractivity contribution in [2.75, 3.05) is 7.11 Å². The second kappa shape index (κ2) is 5.87. The van der Waals surface area contributed by atoms with E-state index in [1.165, 1.54) is 7.11 Å². The maximum Gasteiger partial charge on any atom is 0.349 e. The molecule has 0 saturated carbocycles. The Morgan fingerprint density at radius 2 is 2.22 bits per heavy atom. The van der Waals surface area contributed by atoms with Crippen molar-refractivity contribution in [3.8, 4) is 11.8 Å². The zero-order valence-electron chi connectivity index (χ0n) is 10.5. The van der Waals surface area contributed by atoms with Gasteiger partial charge in [0.05, 0.1) is 12.7 Å². The Labute approximate surface area is 115 Å². The van der Waals surface area contributed by atoms with Gasteiger partial charge >= 0.3 is 5.97 Å². The molecule has 0 heterocycles. The first-order chi connectivity index (χ1) is 8.46. The minimum atomic E-state index is -1.09. The predicted molar refractivity (Wildman–Crippen MR) is 70.2 cm³/mol. The highest BCUT2D eigenvalue weighted by Crippen LogP contribution is 2.28. The topological polar surface area (TPSA) is 59.3 Å². The molecule has 4 nitrogen and oxygen atoms in total. The third-order valence-electron chi connectivity index (χ3n) is 2.69. The van der Waals surface area contributed by atoms with Crippen LogP contribution in [0.1, 0.15) is 25.8 Å². The third-order valence-corrected chi connectivity index (χ3v) is 3.18. The summed E-state index contributed by atoms with van der Waals surface area (Å²) in [6.45, 7) is 3.46. The summed E-state index contributed by atoms with van der Waals surface area (Å²) in [6.07, 6.45) is 0.445. The summed E-state index contributed by atoms with van der Waals surface area (Å²) in [7, 11) is 1.31. The lowest BCUT2D eigenvalue weighted by molar-refractivity contribution is -0.157. The number of hydrogen-bond donors (Lipinski definition) is 0. The standard InChI is InChI=1S/C13H14BrNO3/c1-4-13(2,12(16)17-3)18-11-6-5-10(14)7-9(11)8-15/h5-7H,4H2,1-3H3/t13-/m0/s1. The molecule has 1 atom stereocenters. The van der Waals surface area contributed by atoms with E-state index < -0.39 is 11.6 Å². The van der Waals surface area contributed by atoms with Gasteiger partial charge in [0.1, 0.15) is 11.8 Å². The Kier molecular flexibility index (Phi) is 4.74. The van der Waals surface area contributed by atoms with Crippen molar-refractivity contribution in [3.63, 3.8) is 0 Å². The fourth-order valence-corrected chi connectivity index (χ4v) is 1.76. The SMILES string of the molecule is CC[C@](C)(Oc1ccc(Br)cc1C#N)C(=O)OC. The van der Waals surface area contributed by atoms with Crippen molar-refractivity contribution in [3.05, 3.63) is 28.2 Å². The van der Waals surface area contributed by atoms with Gasteiger partial charge in [-0.05, 0) is 31.5 Å². The van der Waals surface area contributed by atoms with Crippen molar-refractivity contribution in [1.29, 1.82) is 5.26 Å². The second-order valence-electron chi connectivity index (χ2n) is 3.93. The van der Waals surface area contributed by atoms with E-state index in [2.05, 4.69) is 15.9 Å². The Balaban J connectivity index is 3.10. The van der Waals surface area contributed by atoms with E-state index in [0.717, 1.165) is 4.47 Å². The Bertz CT molecular complexity index is 495. The molecule has 0 spiro atoms. The van der Waals surface area contributed by atoms with E-state index in [4.69, 9.17) is 14.7 Å². The fraction of sp³-hybridized carbons (Fsp3) is 0.385. The summed E-state index contributed by atoms with van der Waals surface area (Å²) in [5, 5.41) is 9.04. The molecule has 1 aromatic rings. The van der Waals surface area contributed by atoms with Crippen molar-refractivity contribution < 1.29 is 14.3 Å². The van der Waals surface area contributed by atoms with Gasteiger partial charge in [-0.1, -0.05) is 22.9 Å². The Morgan fingerprint density at radius 3 is 2.72 bits per heavy atom. The van der Waals surface area contributed by atoms with Gasteiger partial charge in [-0.25, -0.2) is 4.79 Å². The molecular weight excluding hydrogens is 298 g/mol. The molecule has 0 fully saturated rings. The summed E-state index contributed by atoms with van der Waals surface area (Å²) in [5.74, 6) is -0.0905. The highest BCUT2D eigenvalue weighted by molar-refractivity contribution is 9.10. The summed E-state index contributed by atoms with van der Waals surface area (Å²) in [4.78, 5) is 11.7. The van der Waals surface area contributed by atoms with Crippen LogP contribution in [0.5, 0.6) is 5.75 Å². The van der Waals surface area contributed by atoms with Crippen LogP contribution in [-0.4, -0.2) is 18.7 Å². The number of esters is 1. The van der Waals surface area contributed by atoms with Crippen LogP contribution >= 0.6 is 15.9 Å². The van der Waals surface area contributed by atoms with Gasteiger partial charge in [0.2, 0.25) is 5.60 Å². The quantitative estimate of drug-likeness (QED) is 0.802. The third kappa shape index (κ3) is 3.02. The molecule has 0 bridgehead atoms. The van der Waals surface area contributed by atoms with Gasteiger partial charge in [0, 0.05) is 4.47 Å². The van der Waals surface area contributed by atoms with Gasteiger partial charge in [0.15, 0.2) is 0 Å². The zero-order chi connectivity index (χ0) is 13.8. The summed E-state index contributed by atoms with van der Waals surface area (Å²) >= 11 is 3.28. The average molecular weight is 312 g/mol. The number of nitrogens with zero attached hydrogens (tertiary/aromatic N) is 1. The smallest absolute Gasteiger partial charge is 0.349 e. The molecule has 96 valence electrons. The first-order valence-electron chi connectivity index (χ1n) is 5.44. The number of benzene rings is 1. The highest BCUT2D eigenvalue weighted by atomic mass is 79.9. The molecule has 0 aromatic heterocycles. The molecule has 0 radical (unpaired) electrons. The number of nitriles is 1. The Hall–Kier alpha value is -1.54. The lowest BCUT2D eigenvalue weighted by Gasteiger charge is -2.27. The van der Waals surface area contributed by atoms with Crippen LogP contribution in [0.2, 0.25) is 0 Å². The lowest BCUT2D eigenvalue weighted by atomic mass is 10.0. The maximum absolute atomic E-state index is 11.7. The molecule has 0 aliphatic heterocycles. The number of ether oxygens (including phenoxy) is 2. The molecule has 0 aliphatic carbocycles. The van der Waals surface area contributed by atoms with E-state index in [0.29, 0.717) is 17.7 Å². The summed E-state index contributed by atoms with van der Waals surface area (Å²) in [6, 6.07) is 7.08. The van der Waals surface area contributed by atoms with Crippen LogP contribution in [-0.2, 0) is 9.53 Å². The molecule has 0 amide bonds. The molecule has 0 N–H and O–H groups in total. The first kappa shape index (κ1) is 14.5. The van der Waals surface area contributed by atoms with Gasteiger partial charge in [-0.2, -0.15) is 5.26 Å². The lowest BCUT2D eigenvalue weighted by Crippen LogP contribution is -2.42. The van der Waals surface area contributed by atoms with Crippen molar-refractivity contribution in [2.45, 2.75) is 25.9 Å². The minimum absolute atomic E-state index is 0.368. The van der Waals surface area contributed by atoms with E-state index >= 15 is 0 Å². The Morgan fingerprint density at radius 1 is 1.56 bits per heavy atom. The zero-order valence-corrected chi connectivity index (χ0v) is 12.1. The summed E-state index contributed by atoms with van der Waals surface area (Å²) < 4.78 is 11.2. The normalized spacial score (nSPS) is 13.3. The molecule has 0 saturated heterocycles. The minimum Gasteiger partial charge on any atom is -0.474 e. The average Bonchev–Trinajstić information content (AvgIpc) is 2.39. The molecule has 1 aromatic carbocycles. The van der Waals surface area contributed by atoms with Crippen LogP contribution in [0.25, 0.3) is 0 Å².